The second-order valence-electron chi connectivity index (χ2n) is 4.73. The molecule has 1 aliphatic heterocycles. The molecule has 0 fully saturated rings. The Morgan fingerprint density at radius 1 is 1.35 bits per heavy atom. The molecule has 1 aromatic carbocycles. The molecule has 0 saturated heterocycles. The van der Waals surface area contributed by atoms with E-state index in [9.17, 15) is 9.59 Å². The summed E-state index contributed by atoms with van der Waals surface area (Å²) in [6.45, 7) is 2.46. The van der Waals surface area contributed by atoms with Crippen LogP contribution in [0.15, 0.2) is 35.9 Å². The fourth-order valence-electron chi connectivity index (χ4n) is 2.07. The number of imide groups is 1. The average Bonchev–Trinajstić information content (AvgIpc) is 2.55. The highest BCUT2D eigenvalue weighted by Crippen LogP contribution is 2.14. The molecule has 0 aliphatic carbocycles. The molecule has 20 heavy (non-hydrogen) atoms. The summed E-state index contributed by atoms with van der Waals surface area (Å²) in [6.07, 6.45) is 1.75. The predicted octanol–water partition coefficient (Wildman–Crippen LogP) is 1.90. The van der Waals surface area contributed by atoms with Crippen LogP contribution in [0.25, 0.3) is 0 Å². The van der Waals surface area contributed by atoms with E-state index < -0.39 is 0 Å². The summed E-state index contributed by atoms with van der Waals surface area (Å²) in [5, 5.41) is 8.88. The molecule has 0 bridgehead atoms. The molecule has 1 aromatic rings. The molecule has 1 heterocycles. The molecular formula is C15H15N3O2. The van der Waals surface area contributed by atoms with Gasteiger partial charge in [-0.1, -0.05) is 18.2 Å². The molecule has 0 N–H and O–H groups in total. The molecule has 0 aromatic heterocycles. The van der Waals surface area contributed by atoms with Crippen molar-refractivity contribution in [2.45, 2.75) is 13.5 Å². The number of nitriles is 1. The summed E-state index contributed by atoms with van der Waals surface area (Å²) in [5.41, 5.74) is 1.99. The molecular weight excluding hydrogens is 254 g/mol. The number of benzene rings is 1. The molecule has 5 heteroatoms. The van der Waals surface area contributed by atoms with E-state index in [1.165, 1.54) is 7.05 Å². The minimum atomic E-state index is -0.328. The SMILES string of the molecule is CC1=CCN(Cc2cccc(C#N)c2)C(=O)N(C)C1=O. The van der Waals surface area contributed by atoms with Crippen molar-refractivity contribution in [3.8, 4) is 6.07 Å². The van der Waals surface area contributed by atoms with Gasteiger partial charge in [0.15, 0.2) is 0 Å². The molecule has 2 rings (SSSR count). The Kier molecular flexibility index (Phi) is 3.85. The van der Waals surface area contributed by atoms with E-state index in [0.717, 1.165) is 10.5 Å². The van der Waals surface area contributed by atoms with Gasteiger partial charge in [-0.05, 0) is 24.6 Å². The number of amides is 3. The lowest BCUT2D eigenvalue weighted by Crippen LogP contribution is -2.42. The van der Waals surface area contributed by atoms with Crippen LogP contribution in [0.5, 0.6) is 0 Å². The molecule has 3 amide bonds. The van der Waals surface area contributed by atoms with E-state index in [1.54, 1.807) is 36.1 Å². The molecule has 0 saturated carbocycles. The monoisotopic (exact) mass is 269 g/mol. The van der Waals surface area contributed by atoms with E-state index in [1.807, 2.05) is 6.07 Å². The number of rotatable bonds is 2. The lowest BCUT2D eigenvalue weighted by atomic mass is 10.1. The Hall–Kier alpha value is -2.61. The van der Waals surface area contributed by atoms with Gasteiger partial charge in [0.1, 0.15) is 0 Å². The third-order valence-corrected chi connectivity index (χ3v) is 3.25. The third-order valence-electron chi connectivity index (χ3n) is 3.25. The Bertz CT molecular complexity index is 628. The smallest absolute Gasteiger partial charge is 0.316 e. The van der Waals surface area contributed by atoms with Crippen molar-refractivity contribution in [3.05, 3.63) is 47.0 Å². The number of likely N-dealkylation sites (N-methyl/N-ethyl adjacent to an activating group) is 1. The molecule has 1 aliphatic rings. The van der Waals surface area contributed by atoms with Gasteiger partial charge in [-0.15, -0.1) is 0 Å². The summed E-state index contributed by atoms with van der Waals surface area (Å²) in [7, 11) is 1.48. The quantitative estimate of drug-likeness (QED) is 0.823. The largest absolute Gasteiger partial charge is 0.327 e. The maximum atomic E-state index is 12.2. The van der Waals surface area contributed by atoms with Gasteiger partial charge in [0.05, 0.1) is 11.6 Å². The van der Waals surface area contributed by atoms with Gasteiger partial charge >= 0.3 is 6.03 Å². The first-order chi connectivity index (χ1) is 9.52. The highest BCUT2D eigenvalue weighted by Gasteiger charge is 2.26. The Morgan fingerprint density at radius 3 is 2.80 bits per heavy atom. The van der Waals surface area contributed by atoms with E-state index >= 15 is 0 Å². The second kappa shape index (κ2) is 5.57. The van der Waals surface area contributed by atoms with Crippen LogP contribution in [0.2, 0.25) is 0 Å². The maximum Gasteiger partial charge on any atom is 0.327 e. The zero-order valence-corrected chi connectivity index (χ0v) is 11.5. The third kappa shape index (κ3) is 2.69. The van der Waals surface area contributed by atoms with Crippen LogP contribution in [-0.4, -0.2) is 35.3 Å². The minimum absolute atomic E-state index is 0.275. The molecule has 5 nitrogen and oxygen atoms in total. The van der Waals surface area contributed by atoms with E-state index in [4.69, 9.17) is 5.26 Å². The Balaban J connectivity index is 2.22. The van der Waals surface area contributed by atoms with Gasteiger partial charge in [-0.3, -0.25) is 9.69 Å². The number of urea groups is 1. The maximum absolute atomic E-state index is 12.2. The van der Waals surface area contributed by atoms with Crippen LogP contribution in [0.1, 0.15) is 18.1 Å². The first kappa shape index (κ1) is 13.8. The Labute approximate surface area is 117 Å². The van der Waals surface area contributed by atoms with Crippen molar-refractivity contribution in [3.63, 3.8) is 0 Å². The lowest BCUT2D eigenvalue weighted by molar-refractivity contribution is -0.123. The van der Waals surface area contributed by atoms with E-state index in [2.05, 4.69) is 6.07 Å². The minimum Gasteiger partial charge on any atom is -0.316 e. The fraction of sp³-hybridized carbons (Fsp3) is 0.267. The summed E-state index contributed by atoms with van der Waals surface area (Å²) < 4.78 is 0. The zero-order chi connectivity index (χ0) is 14.7. The van der Waals surface area contributed by atoms with Crippen molar-refractivity contribution < 1.29 is 9.59 Å². The lowest BCUT2D eigenvalue weighted by Gasteiger charge is -2.24. The number of carbonyl (C=O) groups is 2. The molecule has 0 atom stereocenters. The predicted molar refractivity (Wildman–Crippen MR) is 73.5 cm³/mol. The average molecular weight is 269 g/mol. The van der Waals surface area contributed by atoms with Crippen molar-refractivity contribution in [2.75, 3.05) is 13.6 Å². The van der Waals surface area contributed by atoms with Crippen LogP contribution >= 0.6 is 0 Å². The molecule has 0 unspecified atom stereocenters. The summed E-state index contributed by atoms with van der Waals surface area (Å²) in [5.74, 6) is -0.275. The number of hydrogen-bond donors (Lipinski definition) is 0. The van der Waals surface area contributed by atoms with E-state index in [0.29, 0.717) is 24.2 Å². The van der Waals surface area contributed by atoms with Gasteiger partial charge in [0.25, 0.3) is 5.91 Å². The van der Waals surface area contributed by atoms with Gasteiger partial charge in [-0.25, -0.2) is 4.79 Å². The first-order valence-electron chi connectivity index (χ1n) is 6.25. The van der Waals surface area contributed by atoms with E-state index in [-0.39, 0.29) is 11.9 Å². The van der Waals surface area contributed by atoms with Crippen LogP contribution in [0, 0.1) is 11.3 Å². The summed E-state index contributed by atoms with van der Waals surface area (Å²) in [4.78, 5) is 26.7. The second-order valence-corrected chi connectivity index (χ2v) is 4.73. The van der Waals surface area contributed by atoms with Crippen molar-refractivity contribution >= 4 is 11.9 Å². The number of nitrogens with zero attached hydrogens (tertiary/aromatic N) is 3. The highest BCUT2D eigenvalue weighted by atomic mass is 16.2. The van der Waals surface area contributed by atoms with Gasteiger partial charge < -0.3 is 4.90 Å². The van der Waals surface area contributed by atoms with Crippen LogP contribution < -0.4 is 0 Å². The number of hydrogen-bond acceptors (Lipinski definition) is 3. The van der Waals surface area contributed by atoms with Crippen LogP contribution in [0.4, 0.5) is 4.79 Å². The fourth-order valence-corrected chi connectivity index (χ4v) is 2.07. The van der Waals surface area contributed by atoms with Crippen molar-refractivity contribution in [2.24, 2.45) is 0 Å². The molecule has 0 radical (unpaired) electrons. The molecule has 0 spiro atoms. The Morgan fingerprint density at radius 2 is 2.10 bits per heavy atom. The zero-order valence-electron chi connectivity index (χ0n) is 11.5. The van der Waals surface area contributed by atoms with Gasteiger partial charge in [-0.2, -0.15) is 5.26 Å². The van der Waals surface area contributed by atoms with Crippen LogP contribution in [0.3, 0.4) is 0 Å². The highest BCUT2D eigenvalue weighted by molar-refractivity contribution is 6.04. The van der Waals surface area contributed by atoms with Gasteiger partial charge in [0, 0.05) is 25.7 Å². The topological polar surface area (TPSA) is 64.4 Å². The first-order valence-corrected chi connectivity index (χ1v) is 6.25. The van der Waals surface area contributed by atoms with Crippen molar-refractivity contribution in [1.29, 1.82) is 5.26 Å². The van der Waals surface area contributed by atoms with Gasteiger partial charge in [0.2, 0.25) is 0 Å². The normalized spacial score (nSPS) is 15.8. The van der Waals surface area contributed by atoms with Crippen molar-refractivity contribution in [1.82, 2.24) is 9.80 Å². The molecule has 102 valence electrons. The number of carbonyl (C=O) groups excluding carboxylic acids is 2. The standard InChI is InChI=1S/C15H15N3O2/c1-11-6-7-18(15(20)17(2)14(11)19)10-13-5-3-4-12(8-13)9-16/h3-6,8H,7,10H2,1-2H3. The summed E-state index contributed by atoms with van der Waals surface area (Å²) in [6, 6.07) is 8.85. The summed E-state index contributed by atoms with van der Waals surface area (Å²) >= 11 is 0. The van der Waals surface area contributed by atoms with Crippen LogP contribution in [-0.2, 0) is 11.3 Å².